The number of sulfonamides is 1. The van der Waals surface area contributed by atoms with Gasteiger partial charge in [-0.2, -0.15) is 0 Å². The minimum atomic E-state index is -4.87. The first kappa shape index (κ1) is 19.0. The van der Waals surface area contributed by atoms with Gasteiger partial charge in [-0.15, -0.1) is 25.6 Å². The quantitative estimate of drug-likeness (QED) is 0.843. The fraction of sp³-hybridized carbons (Fsp3) is 0.500. The third-order valence-electron chi connectivity index (χ3n) is 3.31. The molecular formula is C12H16ClF3N2O3S. The van der Waals surface area contributed by atoms with E-state index in [9.17, 15) is 21.6 Å². The predicted molar refractivity (Wildman–Crippen MR) is 76.3 cm³/mol. The van der Waals surface area contributed by atoms with Crippen molar-refractivity contribution >= 4 is 22.4 Å². The lowest BCUT2D eigenvalue weighted by molar-refractivity contribution is -0.274. The summed E-state index contributed by atoms with van der Waals surface area (Å²) in [5.74, 6) is -0.587. The molecule has 0 radical (unpaired) electrons. The number of ether oxygens (including phenoxy) is 1. The molecule has 1 fully saturated rings. The molecule has 1 aromatic carbocycles. The molecule has 5 nitrogen and oxygen atoms in total. The molecule has 126 valence electrons. The van der Waals surface area contributed by atoms with E-state index in [0.717, 1.165) is 18.6 Å². The van der Waals surface area contributed by atoms with Crippen molar-refractivity contribution in [1.82, 2.24) is 4.72 Å². The number of halogens is 4. The summed E-state index contributed by atoms with van der Waals surface area (Å²) in [6, 6.07) is 4.22. The van der Waals surface area contributed by atoms with Crippen LogP contribution in [-0.2, 0) is 10.0 Å². The lowest BCUT2D eigenvalue weighted by Gasteiger charge is -2.38. The summed E-state index contributed by atoms with van der Waals surface area (Å²) in [5, 5.41) is 0. The Labute approximate surface area is 132 Å². The highest BCUT2D eigenvalue weighted by atomic mass is 35.5. The van der Waals surface area contributed by atoms with E-state index in [0.29, 0.717) is 12.8 Å². The summed E-state index contributed by atoms with van der Waals surface area (Å²) >= 11 is 0. The average Bonchev–Trinajstić information content (AvgIpc) is 2.32. The Hall–Kier alpha value is -1.03. The average molecular weight is 361 g/mol. The zero-order valence-electron chi connectivity index (χ0n) is 11.4. The van der Waals surface area contributed by atoms with Crippen LogP contribution in [0.25, 0.3) is 0 Å². The number of nitrogens with one attached hydrogen (secondary N) is 1. The molecule has 0 spiro atoms. The van der Waals surface area contributed by atoms with Gasteiger partial charge in [0.1, 0.15) is 5.75 Å². The molecule has 1 saturated carbocycles. The van der Waals surface area contributed by atoms with Crippen molar-refractivity contribution in [2.45, 2.75) is 36.1 Å². The van der Waals surface area contributed by atoms with Crippen LogP contribution in [0.3, 0.4) is 0 Å². The molecule has 2 rings (SSSR count). The van der Waals surface area contributed by atoms with Crippen LogP contribution in [0.2, 0.25) is 0 Å². The number of hydrogen-bond acceptors (Lipinski definition) is 4. The van der Waals surface area contributed by atoms with E-state index in [1.54, 1.807) is 0 Å². The van der Waals surface area contributed by atoms with Crippen LogP contribution in [0.4, 0.5) is 13.2 Å². The molecule has 0 unspecified atom stereocenters. The van der Waals surface area contributed by atoms with Crippen LogP contribution in [0, 0.1) is 0 Å². The third kappa shape index (κ3) is 5.01. The lowest BCUT2D eigenvalue weighted by Crippen LogP contribution is -2.54. The lowest BCUT2D eigenvalue weighted by atomic mass is 9.78. The van der Waals surface area contributed by atoms with E-state index < -0.39 is 27.7 Å². The van der Waals surface area contributed by atoms with Gasteiger partial charge in [0, 0.05) is 18.2 Å². The molecule has 3 N–H and O–H groups in total. The fourth-order valence-electron chi connectivity index (χ4n) is 1.97. The largest absolute Gasteiger partial charge is 0.573 e. The van der Waals surface area contributed by atoms with Crippen LogP contribution < -0.4 is 15.2 Å². The number of alkyl halides is 3. The normalized spacial score (nSPS) is 17.3. The highest BCUT2D eigenvalue weighted by Gasteiger charge is 2.34. The zero-order chi connectivity index (χ0) is 15.7. The molecule has 0 aromatic heterocycles. The first-order valence-electron chi connectivity index (χ1n) is 6.24. The van der Waals surface area contributed by atoms with Crippen molar-refractivity contribution in [3.05, 3.63) is 24.3 Å². The maximum absolute atomic E-state index is 12.1. The molecule has 0 amide bonds. The number of hydrogen-bond donors (Lipinski definition) is 2. The standard InChI is InChI=1S/C12H15F3N2O3S.ClH/c13-12(14,15)20-9-3-1-4-10(7-9)21(18,19)17-8-11(16)5-2-6-11;/h1,3-4,7,17H,2,5-6,8,16H2;1H. The fourth-order valence-corrected chi connectivity index (χ4v) is 3.14. The molecule has 0 aliphatic heterocycles. The first-order chi connectivity index (χ1) is 9.60. The molecule has 0 saturated heterocycles. The summed E-state index contributed by atoms with van der Waals surface area (Å²) in [7, 11) is -3.93. The molecule has 1 aromatic rings. The van der Waals surface area contributed by atoms with Crippen LogP contribution in [0.5, 0.6) is 5.75 Å². The molecule has 22 heavy (non-hydrogen) atoms. The second kappa shape index (κ2) is 6.61. The highest BCUT2D eigenvalue weighted by molar-refractivity contribution is 7.89. The second-order valence-corrected chi connectivity index (χ2v) is 6.83. The van der Waals surface area contributed by atoms with Gasteiger partial charge in [0.25, 0.3) is 0 Å². The van der Waals surface area contributed by atoms with E-state index in [4.69, 9.17) is 5.73 Å². The van der Waals surface area contributed by atoms with Gasteiger partial charge in [0.15, 0.2) is 0 Å². The second-order valence-electron chi connectivity index (χ2n) is 5.06. The summed E-state index contributed by atoms with van der Waals surface area (Å²) in [4.78, 5) is -0.299. The number of nitrogens with two attached hydrogens (primary N) is 1. The van der Waals surface area contributed by atoms with Gasteiger partial charge < -0.3 is 10.5 Å². The third-order valence-corrected chi connectivity index (χ3v) is 4.71. The summed E-state index contributed by atoms with van der Waals surface area (Å²) in [6.07, 6.45) is -2.50. The van der Waals surface area contributed by atoms with Crippen molar-refractivity contribution in [1.29, 1.82) is 0 Å². The van der Waals surface area contributed by atoms with Crippen molar-refractivity contribution in [3.8, 4) is 5.75 Å². The minimum Gasteiger partial charge on any atom is -0.406 e. The van der Waals surface area contributed by atoms with E-state index in [2.05, 4.69) is 9.46 Å². The smallest absolute Gasteiger partial charge is 0.406 e. The van der Waals surface area contributed by atoms with Crippen molar-refractivity contribution in [2.75, 3.05) is 6.54 Å². The molecule has 0 heterocycles. The SMILES string of the molecule is Cl.NC1(CNS(=O)(=O)c2cccc(OC(F)(F)F)c2)CCC1. The van der Waals surface area contributed by atoms with Crippen molar-refractivity contribution in [2.24, 2.45) is 5.73 Å². The molecule has 1 aliphatic carbocycles. The minimum absolute atomic E-state index is 0. The monoisotopic (exact) mass is 360 g/mol. The Morgan fingerprint density at radius 3 is 2.45 bits per heavy atom. The van der Waals surface area contributed by atoms with Crippen LogP contribution in [0.15, 0.2) is 29.2 Å². The van der Waals surface area contributed by atoms with Crippen LogP contribution >= 0.6 is 12.4 Å². The Morgan fingerprint density at radius 1 is 1.32 bits per heavy atom. The van der Waals surface area contributed by atoms with Crippen LogP contribution in [0.1, 0.15) is 19.3 Å². The molecule has 1 aliphatic rings. The molecule has 0 bridgehead atoms. The van der Waals surface area contributed by atoms with E-state index in [1.807, 2.05) is 0 Å². The van der Waals surface area contributed by atoms with E-state index in [1.165, 1.54) is 12.1 Å². The number of benzene rings is 1. The maximum Gasteiger partial charge on any atom is 0.573 e. The van der Waals surface area contributed by atoms with Gasteiger partial charge in [-0.3, -0.25) is 0 Å². The summed E-state index contributed by atoms with van der Waals surface area (Å²) in [6.45, 7) is 0.0552. The van der Waals surface area contributed by atoms with E-state index >= 15 is 0 Å². The summed E-state index contributed by atoms with van der Waals surface area (Å²) in [5.41, 5.74) is 5.34. The topological polar surface area (TPSA) is 81.4 Å². The van der Waals surface area contributed by atoms with E-state index in [-0.39, 0.29) is 23.8 Å². The Kier molecular flexibility index (Phi) is 5.71. The number of rotatable bonds is 5. The van der Waals surface area contributed by atoms with Gasteiger partial charge >= 0.3 is 6.36 Å². The Balaban J connectivity index is 0.00000242. The zero-order valence-corrected chi connectivity index (χ0v) is 13.0. The molecular weight excluding hydrogens is 345 g/mol. The Bertz CT molecular complexity index is 618. The van der Waals surface area contributed by atoms with Gasteiger partial charge in [-0.25, -0.2) is 13.1 Å². The van der Waals surface area contributed by atoms with Crippen LogP contribution in [-0.4, -0.2) is 26.9 Å². The Morgan fingerprint density at radius 2 is 1.95 bits per heavy atom. The van der Waals surface area contributed by atoms with Gasteiger partial charge in [-0.1, -0.05) is 6.07 Å². The molecule has 0 atom stereocenters. The highest BCUT2D eigenvalue weighted by Crippen LogP contribution is 2.29. The predicted octanol–water partition coefficient (Wildman–Crippen LogP) is 2.17. The van der Waals surface area contributed by atoms with Gasteiger partial charge in [-0.05, 0) is 31.4 Å². The summed E-state index contributed by atoms with van der Waals surface area (Å²) < 4.78 is 66.5. The maximum atomic E-state index is 12.1. The molecule has 10 heteroatoms. The van der Waals surface area contributed by atoms with Gasteiger partial charge in [0.2, 0.25) is 10.0 Å². The van der Waals surface area contributed by atoms with Crippen molar-refractivity contribution < 1.29 is 26.3 Å². The first-order valence-corrected chi connectivity index (χ1v) is 7.72. The van der Waals surface area contributed by atoms with Crippen molar-refractivity contribution in [3.63, 3.8) is 0 Å². The van der Waals surface area contributed by atoms with Gasteiger partial charge in [0.05, 0.1) is 4.90 Å².